The van der Waals surface area contributed by atoms with Gasteiger partial charge in [0.2, 0.25) is 0 Å². The Hall–Kier alpha value is -0.466. The van der Waals surface area contributed by atoms with E-state index in [-0.39, 0.29) is 38.8 Å². The third-order valence-electron chi connectivity index (χ3n) is 12.4. The summed E-state index contributed by atoms with van der Waals surface area (Å²) in [5, 5.41) is 23.2. The average Bonchev–Trinajstić information content (AvgIpc) is 3.08. The van der Waals surface area contributed by atoms with Gasteiger partial charge >= 0.3 is 0 Å². The summed E-state index contributed by atoms with van der Waals surface area (Å²) in [5.41, 5.74) is 4.29. The molecule has 2 saturated carbocycles. The van der Waals surface area contributed by atoms with Crippen molar-refractivity contribution in [3.8, 4) is 0 Å². The predicted molar refractivity (Wildman–Crippen MR) is 162 cm³/mol. The van der Waals surface area contributed by atoms with Gasteiger partial charge in [-0.25, -0.2) is 0 Å². The number of rotatable bonds is 4. The third-order valence-corrected chi connectivity index (χ3v) is 23.8. The molecule has 3 nitrogen and oxygen atoms in total. The number of allylic oxidation sites excluding steroid dienone is 4. The highest BCUT2D eigenvalue weighted by atomic mass is 28.4. The van der Waals surface area contributed by atoms with Crippen LogP contribution in [0.25, 0.3) is 0 Å². The van der Waals surface area contributed by atoms with E-state index in [2.05, 4.69) is 92.9 Å². The maximum absolute atomic E-state index is 12.5. The monoisotopic (exact) mass is 544 g/mol. The van der Waals surface area contributed by atoms with Gasteiger partial charge in [-0.15, -0.1) is 0 Å². The van der Waals surface area contributed by atoms with Crippen molar-refractivity contribution >= 4 is 16.4 Å². The van der Waals surface area contributed by atoms with Crippen LogP contribution < -0.4 is 0 Å². The van der Waals surface area contributed by atoms with Crippen LogP contribution in [0.15, 0.2) is 34.9 Å². The van der Waals surface area contributed by atoms with E-state index in [1.807, 2.05) is 6.92 Å². The summed E-state index contributed by atoms with van der Waals surface area (Å²) in [5.74, 6) is 0.820. The van der Waals surface area contributed by atoms with Gasteiger partial charge in [-0.05, 0) is 85.0 Å². The number of aliphatic hydroxyl groups excluding tert-OH is 2. The molecule has 5 unspecified atom stereocenters. The second kappa shape index (κ2) is 9.02. The van der Waals surface area contributed by atoms with Crippen LogP contribution in [0.4, 0.5) is 0 Å². The number of fused-ring (bicyclic) bond motifs is 5. The van der Waals surface area contributed by atoms with Gasteiger partial charge in [0.15, 0.2) is 8.32 Å². The molecule has 0 bridgehead atoms. The Morgan fingerprint density at radius 2 is 1.62 bits per heavy atom. The first kappa shape index (κ1) is 29.5. The van der Waals surface area contributed by atoms with Gasteiger partial charge in [-0.1, -0.05) is 90.9 Å². The summed E-state index contributed by atoms with van der Waals surface area (Å²) in [6.45, 7) is 28.3. The van der Waals surface area contributed by atoms with E-state index in [4.69, 9.17) is 4.43 Å². The molecule has 7 atom stereocenters. The van der Waals surface area contributed by atoms with Crippen molar-refractivity contribution in [2.45, 2.75) is 147 Å². The molecule has 5 heteroatoms. The fourth-order valence-corrected chi connectivity index (χ4v) is 14.3. The van der Waals surface area contributed by atoms with Crippen LogP contribution >= 0.6 is 0 Å². The minimum Gasteiger partial charge on any atom is -0.414 e. The van der Waals surface area contributed by atoms with Crippen LogP contribution in [0.5, 0.6) is 0 Å². The first-order valence-electron chi connectivity index (χ1n) is 14.9. The smallest absolute Gasteiger partial charge is 0.192 e. The van der Waals surface area contributed by atoms with Crippen LogP contribution in [0.1, 0.15) is 87.5 Å². The molecular formula is C32H56O3Si2. The molecule has 2 fully saturated rings. The van der Waals surface area contributed by atoms with Gasteiger partial charge in [0, 0.05) is 5.04 Å². The number of aliphatic hydroxyl groups is 2. The van der Waals surface area contributed by atoms with Gasteiger partial charge in [0.05, 0.1) is 26.4 Å². The highest BCUT2D eigenvalue weighted by Gasteiger charge is 2.67. The van der Waals surface area contributed by atoms with Crippen molar-refractivity contribution in [2.75, 3.05) is 0 Å². The number of hydrogen-bond acceptors (Lipinski definition) is 3. The molecule has 0 spiro atoms. The van der Waals surface area contributed by atoms with Gasteiger partial charge in [-0.2, -0.15) is 0 Å². The van der Waals surface area contributed by atoms with E-state index in [9.17, 15) is 10.2 Å². The van der Waals surface area contributed by atoms with Crippen molar-refractivity contribution in [1.82, 2.24) is 0 Å². The molecule has 4 rings (SSSR count). The highest BCUT2D eigenvalue weighted by Crippen LogP contribution is 2.72. The average molecular weight is 545 g/mol. The lowest BCUT2D eigenvalue weighted by atomic mass is 9.54. The van der Waals surface area contributed by atoms with Crippen LogP contribution in [0, 0.1) is 17.3 Å². The van der Waals surface area contributed by atoms with Crippen LogP contribution in [-0.4, -0.2) is 44.9 Å². The molecular weight excluding hydrogens is 489 g/mol. The first-order valence-corrected chi connectivity index (χ1v) is 20.8. The maximum atomic E-state index is 12.5. The van der Waals surface area contributed by atoms with Crippen molar-refractivity contribution in [3.63, 3.8) is 0 Å². The summed E-state index contributed by atoms with van der Waals surface area (Å²) < 4.78 is 6.96. The molecule has 0 heterocycles. The van der Waals surface area contributed by atoms with E-state index in [1.54, 1.807) is 5.57 Å². The zero-order chi connectivity index (χ0) is 28.0. The quantitative estimate of drug-likeness (QED) is 0.276. The lowest BCUT2D eigenvalue weighted by Crippen LogP contribution is -2.64. The highest BCUT2D eigenvalue weighted by molar-refractivity contribution is 6.84. The fraction of sp³-hybridized carbons (Fsp3) is 0.812. The minimum atomic E-state index is -2.06. The Morgan fingerprint density at radius 3 is 2.16 bits per heavy atom. The molecule has 0 aromatic heterocycles. The van der Waals surface area contributed by atoms with E-state index in [1.165, 1.54) is 11.1 Å². The van der Waals surface area contributed by atoms with Crippen LogP contribution in [-0.2, 0) is 4.43 Å². The second-order valence-electron chi connectivity index (χ2n) is 16.2. The molecule has 0 radical (unpaired) electrons. The molecule has 4 aliphatic carbocycles. The Morgan fingerprint density at radius 1 is 1.00 bits per heavy atom. The predicted octanol–water partition coefficient (Wildman–Crippen LogP) is 8.39. The molecule has 0 aliphatic heterocycles. The summed E-state index contributed by atoms with van der Waals surface area (Å²) in [6, 6.07) is 0. The van der Waals surface area contributed by atoms with Crippen LogP contribution in [0.2, 0.25) is 41.3 Å². The first-order chi connectivity index (χ1) is 16.7. The summed E-state index contributed by atoms with van der Waals surface area (Å²) >= 11 is 0. The lowest BCUT2D eigenvalue weighted by Gasteiger charge is -2.65. The lowest BCUT2D eigenvalue weighted by molar-refractivity contribution is 0.00841. The Bertz CT molecular complexity index is 1010. The Labute approximate surface area is 230 Å². The molecule has 210 valence electrons. The van der Waals surface area contributed by atoms with E-state index >= 15 is 0 Å². The summed E-state index contributed by atoms with van der Waals surface area (Å²) in [6.07, 6.45) is 11.5. The molecule has 37 heavy (non-hydrogen) atoms. The maximum Gasteiger partial charge on any atom is 0.192 e. The summed E-state index contributed by atoms with van der Waals surface area (Å²) in [4.78, 5) is 0. The zero-order valence-corrected chi connectivity index (χ0v) is 28.0. The van der Waals surface area contributed by atoms with Gasteiger partial charge in [0.1, 0.15) is 0 Å². The molecule has 0 aromatic rings. The molecule has 0 amide bonds. The molecule has 2 N–H and O–H groups in total. The SMILES string of the molecule is C[C@H](O)C1=CCC2C3=CC=C4CC(O[Si](C)(C)C(C)(C)C)C[C@H](O)C4([Si](C)(C)C(C)(C)C)C3CCC12C. The van der Waals surface area contributed by atoms with Gasteiger partial charge in [-0.3, -0.25) is 0 Å². The topological polar surface area (TPSA) is 49.7 Å². The Balaban J connectivity index is 1.81. The summed E-state index contributed by atoms with van der Waals surface area (Å²) in [7, 11) is -4.00. The largest absolute Gasteiger partial charge is 0.414 e. The van der Waals surface area contributed by atoms with Crippen LogP contribution in [0.3, 0.4) is 0 Å². The Kier molecular flexibility index (Phi) is 7.20. The van der Waals surface area contributed by atoms with Gasteiger partial charge in [0.25, 0.3) is 0 Å². The second-order valence-corrected chi connectivity index (χ2v) is 26.5. The van der Waals surface area contributed by atoms with Crippen molar-refractivity contribution in [2.24, 2.45) is 17.3 Å². The van der Waals surface area contributed by atoms with Crippen molar-refractivity contribution in [1.29, 1.82) is 0 Å². The van der Waals surface area contributed by atoms with E-state index in [0.29, 0.717) is 11.8 Å². The molecule has 4 aliphatic rings. The van der Waals surface area contributed by atoms with Crippen molar-refractivity contribution in [3.05, 3.63) is 34.9 Å². The molecule has 0 saturated heterocycles. The normalized spacial score (nSPS) is 37.6. The molecule has 0 aromatic carbocycles. The van der Waals surface area contributed by atoms with Crippen molar-refractivity contribution < 1.29 is 14.6 Å². The third kappa shape index (κ3) is 4.20. The standard InChI is InChI=1S/C32H56O3Si2/c1-21(33)25-15-16-26-24-14-13-22-19-23(35-37(11,12)30(5,6)7)20-28(34)32(22,36(9,10)29(2,3)4)27(24)17-18-31(25,26)8/h13-15,21,23,26-28,33-34H,16-20H2,1-12H3/t21-,23?,26?,27?,28-,31?,32?/m0/s1. The van der Waals surface area contributed by atoms with E-state index in [0.717, 1.165) is 32.1 Å². The minimum absolute atomic E-state index is 0.0318. The van der Waals surface area contributed by atoms with Gasteiger partial charge < -0.3 is 14.6 Å². The number of hydrogen-bond donors (Lipinski definition) is 2. The zero-order valence-electron chi connectivity index (χ0n) is 26.0. The van der Waals surface area contributed by atoms with E-state index < -0.39 is 16.4 Å². The fourth-order valence-electron chi connectivity index (χ4n) is 8.55.